The van der Waals surface area contributed by atoms with Crippen LogP contribution in [0.1, 0.15) is 46.1 Å². The van der Waals surface area contributed by atoms with Crippen LogP contribution in [0.25, 0.3) is 10.9 Å². The number of ether oxygens (including phenoxy) is 3. The summed E-state index contributed by atoms with van der Waals surface area (Å²) in [6.07, 6.45) is 1.05. The molecule has 2 aliphatic rings. The number of aliphatic carboxylic acids is 1. The topological polar surface area (TPSA) is 156 Å². The molecule has 0 bridgehead atoms. The van der Waals surface area contributed by atoms with E-state index in [1.165, 1.54) is 11.0 Å². The fourth-order valence-electron chi connectivity index (χ4n) is 5.94. The van der Waals surface area contributed by atoms with Gasteiger partial charge in [0.05, 0.1) is 24.8 Å². The number of carboxylic acid groups (broad SMARTS) is 1. The number of carbonyl (C=O) groups excluding carboxylic acids is 3. The maximum absolute atomic E-state index is 14.5. The van der Waals surface area contributed by atoms with E-state index in [-0.39, 0.29) is 26.0 Å². The van der Waals surface area contributed by atoms with Crippen molar-refractivity contribution in [2.75, 3.05) is 6.54 Å². The summed E-state index contributed by atoms with van der Waals surface area (Å²) in [5.41, 5.74) is -0.766. The summed E-state index contributed by atoms with van der Waals surface area (Å²) >= 11 is 0. The minimum Gasteiger partial charge on any atom is -0.488 e. The monoisotopic (exact) mass is 658 g/mol. The van der Waals surface area contributed by atoms with Crippen LogP contribution in [-0.4, -0.2) is 80.8 Å². The number of para-hydroxylation sites is 1. The smallest absolute Gasteiger partial charge is 0.408 e. The van der Waals surface area contributed by atoms with Gasteiger partial charge in [-0.05, 0) is 57.9 Å². The first kappa shape index (κ1) is 34.4. The molecule has 12 nitrogen and oxygen atoms in total. The van der Waals surface area contributed by atoms with Gasteiger partial charge in [-0.1, -0.05) is 48.5 Å². The SMILES string of the molecule is C=CC1CC1(NC(=O)C1CC(Oc2ccnc3ccccc23)CN1C(=O)C(NC(=O)OC(C)(C)C)C(C)OCc1ccccc1)C(=O)O. The average Bonchev–Trinajstić information content (AvgIpc) is 3.61. The number of nitrogens with one attached hydrogen (secondary N) is 2. The van der Waals surface area contributed by atoms with E-state index in [0.717, 1.165) is 10.9 Å². The minimum absolute atomic E-state index is 0.0174. The molecule has 1 aromatic heterocycles. The molecule has 6 unspecified atom stereocenters. The Hall–Kier alpha value is -4.97. The van der Waals surface area contributed by atoms with E-state index in [2.05, 4.69) is 22.2 Å². The largest absolute Gasteiger partial charge is 0.488 e. The standard InChI is InChI=1S/C36H42N4O8/c1-6-24-19-36(24,33(43)44)39-31(41)28-18-25(47-29-16-17-37-27-15-11-10-14-26(27)29)20-40(28)32(42)30(38-34(45)48-35(3,4)5)22(2)46-21-23-12-8-7-9-13-23/h6-17,22,24-25,28,30H,1,18-21H2,2-5H3,(H,38,45)(H,39,41)(H,43,44). The van der Waals surface area contributed by atoms with Crippen LogP contribution < -0.4 is 15.4 Å². The lowest BCUT2D eigenvalue weighted by Crippen LogP contribution is -2.59. The molecule has 2 heterocycles. The number of hydrogen-bond donors (Lipinski definition) is 3. The summed E-state index contributed by atoms with van der Waals surface area (Å²) in [6, 6.07) is 16.2. The number of carboxylic acids is 1. The highest BCUT2D eigenvalue weighted by Gasteiger charge is 2.61. The highest BCUT2D eigenvalue weighted by Crippen LogP contribution is 2.45. The summed E-state index contributed by atoms with van der Waals surface area (Å²) in [7, 11) is 0. The second kappa shape index (κ2) is 14.0. The zero-order valence-corrected chi connectivity index (χ0v) is 27.5. The van der Waals surface area contributed by atoms with Gasteiger partial charge in [-0.3, -0.25) is 14.6 Å². The molecule has 1 aliphatic carbocycles. The third-order valence-electron chi connectivity index (χ3n) is 8.54. The van der Waals surface area contributed by atoms with Gasteiger partial charge in [0.1, 0.15) is 35.1 Å². The first-order chi connectivity index (χ1) is 22.8. The average molecular weight is 659 g/mol. The normalized spacial score (nSPS) is 23.1. The third kappa shape index (κ3) is 7.76. The Morgan fingerprint density at radius 1 is 1.10 bits per heavy atom. The number of hydrogen-bond acceptors (Lipinski definition) is 8. The number of pyridine rings is 1. The lowest BCUT2D eigenvalue weighted by atomic mass is 10.1. The Morgan fingerprint density at radius 2 is 1.81 bits per heavy atom. The second-order valence-corrected chi connectivity index (χ2v) is 13.2. The van der Waals surface area contributed by atoms with E-state index in [4.69, 9.17) is 14.2 Å². The maximum atomic E-state index is 14.5. The first-order valence-corrected chi connectivity index (χ1v) is 15.9. The van der Waals surface area contributed by atoms with Crippen molar-refractivity contribution in [2.24, 2.45) is 5.92 Å². The predicted molar refractivity (Wildman–Crippen MR) is 177 cm³/mol. The van der Waals surface area contributed by atoms with Gasteiger partial charge in [0, 0.05) is 23.9 Å². The molecule has 1 aliphatic heterocycles. The predicted octanol–water partition coefficient (Wildman–Crippen LogP) is 4.23. The molecular weight excluding hydrogens is 616 g/mol. The van der Waals surface area contributed by atoms with Crippen LogP contribution in [0.3, 0.4) is 0 Å². The molecule has 0 spiro atoms. The zero-order chi connectivity index (χ0) is 34.6. The van der Waals surface area contributed by atoms with Crippen molar-refractivity contribution in [3.05, 3.63) is 85.1 Å². The van der Waals surface area contributed by atoms with Crippen molar-refractivity contribution in [2.45, 2.75) is 82.6 Å². The van der Waals surface area contributed by atoms with Gasteiger partial charge in [0.25, 0.3) is 0 Å². The van der Waals surface area contributed by atoms with E-state index >= 15 is 0 Å². The number of aromatic nitrogens is 1. The summed E-state index contributed by atoms with van der Waals surface area (Å²) in [5.74, 6) is -2.35. The van der Waals surface area contributed by atoms with Crippen LogP contribution in [0.2, 0.25) is 0 Å². The van der Waals surface area contributed by atoms with Crippen LogP contribution in [0.4, 0.5) is 4.79 Å². The summed E-state index contributed by atoms with van der Waals surface area (Å²) < 4.78 is 17.9. The molecule has 1 saturated carbocycles. The fourth-order valence-corrected chi connectivity index (χ4v) is 5.94. The van der Waals surface area contributed by atoms with Crippen molar-refractivity contribution >= 4 is 34.8 Å². The van der Waals surface area contributed by atoms with Gasteiger partial charge < -0.3 is 34.9 Å². The highest BCUT2D eigenvalue weighted by atomic mass is 16.6. The van der Waals surface area contributed by atoms with Gasteiger partial charge in [0.15, 0.2) is 0 Å². The Morgan fingerprint density at radius 3 is 2.48 bits per heavy atom. The first-order valence-electron chi connectivity index (χ1n) is 15.9. The third-order valence-corrected chi connectivity index (χ3v) is 8.54. The number of benzene rings is 2. The molecule has 2 aromatic carbocycles. The molecular formula is C36H42N4O8. The number of amides is 3. The molecule has 254 valence electrons. The molecule has 3 aromatic rings. The molecule has 48 heavy (non-hydrogen) atoms. The van der Waals surface area contributed by atoms with Crippen molar-refractivity contribution in [1.29, 1.82) is 0 Å². The summed E-state index contributed by atoms with van der Waals surface area (Å²) in [6.45, 7) is 10.6. The van der Waals surface area contributed by atoms with E-state index < -0.39 is 65.2 Å². The van der Waals surface area contributed by atoms with Crippen LogP contribution in [0.5, 0.6) is 5.75 Å². The zero-order valence-electron chi connectivity index (χ0n) is 27.5. The van der Waals surface area contributed by atoms with Gasteiger partial charge in [-0.15, -0.1) is 6.58 Å². The maximum Gasteiger partial charge on any atom is 0.408 e. The van der Waals surface area contributed by atoms with Crippen molar-refractivity contribution in [3.8, 4) is 5.75 Å². The van der Waals surface area contributed by atoms with Crippen LogP contribution in [-0.2, 0) is 30.5 Å². The molecule has 1 saturated heterocycles. The van der Waals surface area contributed by atoms with E-state index in [0.29, 0.717) is 11.3 Å². The Bertz CT molecular complexity index is 1670. The summed E-state index contributed by atoms with van der Waals surface area (Å²) in [5, 5.41) is 16.1. The highest BCUT2D eigenvalue weighted by molar-refractivity contribution is 5.96. The minimum atomic E-state index is -1.51. The van der Waals surface area contributed by atoms with E-state index in [1.807, 2.05) is 54.6 Å². The molecule has 0 radical (unpaired) electrons. The molecule has 3 amide bonds. The molecule has 12 heteroatoms. The Balaban J connectivity index is 1.43. The van der Waals surface area contributed by atoms with Gasteiger partial charge in [0.2, 0.25) is 11.8 Å². The molecule has 5 rings (SSSR count). The summed E-state index contributed by atoms with van der Waals surface area (Å²) in [4.78, 5) is 59.3. The number of likely N-dealkylation sites (tertiary alicyclic amines) is 1. The van der Waals surface area contributed by atoms with E-state index in [1.54, 1.807) is 40.0 Å². The number of alkyl carbamates (subject to hydrolysis) is 1. The molecule has 2 fully saturated rings. The number of carbonyl (C=O) groups is 4. The lowest BCUT2D eigenvalue weighted by Gasteiger charge is -2.32. The quantitative estimate of drug-likeness (QED) is 0.243. The van der Waals surface area contributed by atoms with Crippen LogP contribution in [0.15, 0.2) is 79.5 Å². The second-order valence-electron chi connectivity index (χ2n) is 13.2. The van der Waals surface area contributed by atoms with Crippen molar-refractivity contribution in [3.63, 3.8) is 0 Å². The number of fused-ring (bicyclic) bond motifs is 1. The Labute approximate surface area is 279 Å². The van der Waals surface area contributed by atoms with E-state index in [9.17, 15) is 24.3 Å². The lowest BCUT2D eigenvalue weighted by molar-refractivity contribution is -0.146. The van der Waals surface area contributed by atoms with Crippen LogP contribution in [0, 0.1) is 5.92 Å². The molecule has 3 N–H and O–H groups in total. The van der Waals surface area contributed by atoms with Crippen LogP contribution >= 0.6 is 0 Å². The van der Waals surface area contributed by atoms with Crippen molar-refractivity contribution in [1.82, 2.24) is 20.5 Å². The molecule has 6 atom stereocenters. The van der Waals surface area contributed by atoms with Crippen molar-refractivity contribution < 1.29 is 38.5 Å². The fraction of sp³-hybridized carbons (Fsp3) is 0.417. The number of nitrogens with zero attached hydrogens (tertiary/aromatic N) is 2. The van der Waals surface area contributed by atoms with Gasteiger partial charge >= 0.3 is 12.1 Å². The van der Waals surface area contributed by atoms with Gasteiger partial charge in [-0.25, -0.2) is 9.59 Å². The Kier molecular flexibility index (Phi) is 10.0. The number of rotatable bonds is 12. The van der Waals surface area contributed by atoms with Gasteiger partial charge in [-0.2, -0.15) is 0 Å².